The first-order valence-electron chi connectivity index (χ1n) is 14.6. The van der Waals surface area contributed by atoms with Crippen molar-refractivity contribution in [2.75, 3.05) is 24.7 Å². The fourth-order valence-electron chi connectivity index (χ4n) is 5.86. The number of rotatable bonds is 7. The van der Waals surface area contributed by atoms with E-state index in [2.05, 4.69) is 10.6 Å². The Morgan fingerprint density at radius 3 is 1.20 bits per heavy atom. The van der Waals surface area contributed by atoms with Crippen LogP contribution in [0.4, 0.5) is 21.0 Å². The van der Waals surface area contributed by atoms with E-state index in [-0.39, 0.29) is 12.1 Å². The standard InChI is InChI=1S/C38H34N4O2/c1-41(37(43)39-33-25-13-21-27-15-9-11-23-31(27)33)35(29-17-5-3-6-18-29)36(30-19-7-4-8-20-30)42(2)38(44)40-34-26-14-22-28-16-10-12-24-32(28)34/h3-26,35-36H,1-2H3,(H,39,43)(H,40,44)/t35-,36-/m0/s1. The third-order valence-corrected chi connectivity index (χ3v) is 8.12. The van der Waals surface area contributed by atoms with Crippen LogP contribution < -0.4 is 10.6 Å². The molecule has 6 aromatic rings. The van der Waals surface area contributed by atoms with Crippen molar-refractivity contribution in [3.05, 3.63) is 157 Å². The molecule has 0 spiro atoms. The van der Waals surface area contributed by atoms with Crippen LogP contribution in [0.15, 0.2) is 146 Å². The van der Waals surface area contributed by atoms with E-state index in [9.17, 15) is 9.59 Å². The van der Waals surface area contributed by atoms with Crippen LogP contribution in [-0.2, 0) is 0 Å². The number of amides is 4. The summed E-state index contributed by atoms with van der Waals surface area (Å²) in [6, 6.07) is 45.8. The van der Waals surface area contributed by atoms with E-state index in [1.165, 1.54) is 0 Å². The van der Waals surface area contributed by atoms with Gasteiger partial charge in [-0.2, -0.15) is 0 Å². The number of nitrogens with zero attached hydrogens (tertiary/aromatic N) is 2. The molecule has 6 nitrogen and oxygen atoms in total. The summed E-state index contributed by atoms with van der Waals surface area (Å²) in [4.78, 5) is 31.4. The van der Waals surface area contributed by atoms with Crippen LogP contribution in [0.1, 0.15) is 23.2 Å². The highest BCUT2D eigenvalue weighted by atomic mass is 16.2. The van der Waals surface area contributed by atoms with Gasteiger partial charge in [-0.25, -0.2) is 9.59 Å². The lowest BCUT2D eigenvalue weighted by molar-refractivity contribution is 0.141. The number of likely N-dealkylation sites (N-methyl/N-ethyl adjacent to an activating group) is 2. The normalized spacial score (nSPS) is 12.3. The number of hydrogen-bond donors (Lipinski definition) is 2. The number of fused-ring (bicyclic) bond motifs is 2. The van der Waals surface area contributed by atoms with Crippen molar-refractivity contribution in [3.63, 3.8) is 0 Å². The number of carbonyl (C=O) groups is 2. The summed E-state index contributed by atoms with van der Waals surface area (Å²) in [5.41, 5.74) is 3.26. The quantitative estimate of drug-likeness (QED) is 0.198. The second kappa shape index (κ2) is 12.7. The molecule has 0 aliphatic rings. The zero-order chi connectivity index (χ0) is 30.5. The van der Waals surface area contributed by atoms with Crippen molar-refractivity contribution in [2.45, 2.75) is 12.1 Å². The van der Waals surface area contributed by atoms with Gasteiger partial charge in [0, 0.05) is 24.9 Å². The first-order chi connectivity index (χ1) is 21.5. The number of anilines is 2. The third-order valence-electron chi connectivity index (χ3n) is 8.12. The SMILES string of the molecule is CN(C(=O)Nc1cccc2ccccc12)[C@@H](c1ccccc1)[C@H](c1ccccc1)N(C)C(=O)Nc1cccc2ccccc12. The van der Waals surface area contributed by atoms with Crippen LogP contribution in [0.3, 0.4) is 0 Å². The Kier molecular flexibility index (Phi) is 8.23. The molecule has 6 heteroatoms. The molecular formula is C38H34N4O2. The van der Waals surface area contributed by atoms with Gasteiger partial charge in [-0.1, -0.05) is 133 Å². The van der Waals surface area contributed by atoms with Gasteiger partial charge in [0.25, 0.3) is 0 Å². The Labute approximate surface area is 257 Å². The van der Waals surface area contributed by atoms with E-state index in [0.29, 0.717) is 0 Å². The summed E-state index contributed by atoms with van der Waals surface area (Å²) in [5.74, 6) is 0. The van der Waals surface area contributed by atoms with Crippen LogP contribution in [0.25, 0.3) is 21.5 Å². The van der Waals surface area contributed by atoms with E-state index >= 15 is 0 Å². The van der Waals surface area contributed by atoms with Crippen molar-refractivity contribution in [3.8, 4) is 0 Å². The van der Waals surface area contributed by atoms with Gasteiger partial charge in [0.1, 0.15) is 0 Å². The van der Waals surface area contributed by atoms with E-state index in [1.807, 2.05) is 146 Å². The van der Waals surface area contributed by atoms with Gasteiger partial charge in [0.05, 0.1) is 23.5 Å². The second-order valence-corrected chi connectivity index (χ2v) is 10.8. The molecule has 2 N–H and O–H groups in total. The Bertz CT molecular complexity index is 1760. The van der Waals surface area contributed by atoms with E-state index in [4.69, 9.17) is 0 Å². The number of carbonyl (C=O) groups excluding carboxylic acids is 2. The highest BCUT2D eigenvalue weighted by Crippen LogP contribution is 2.38. The van der Waals surface area contributed by atoms with Gasteiger partial charge < -0.3 is 20.4 Å². The van der Waals surface area contributed by atoms with Crippen molar-refractivity contribution in [2.24, 2.45) is 0 Å². The van der Waals surface area contributed by atoms with Crippen molar-refractivity contribution < 1.29 is 9.59 Å². The van der Waals surface area contributed by atoms with Crippen molar-refractivity contribution in [1.82, 2.24) is 9.80 Å². The molecule has 0 bridgehead atoms. The second-order valence-electron chi connectivity index (χ2n) is 10.8. The summed E-state index contributed by atoms with van der Waals surface area (Å²) in [6.07, 6.45) is 0. The molecule has 0 aliphatic carbocycles. The van der Waals surface area contributed by atoms with Crippen LogP contribution in [0, 0.1) is 0 Å². The summed E-state index contributed by atoms with van der Waals surface area (Å²) in [7, 11) is 3.56. The molecule has 6 rings (SSSR count). The van der Waals surface area contributed by atoms with E-state index in [1.54, 1.807) is 23.9 Å². The number of urea groups is 2. The van der Waals surface area contributed by atoms with Gasteiger partial charge >= 0.3 is 12.1 Å². The fraction of sp³-hybridized carbons (Fsp3) is 0.105. The molecule has 218 valence electrons. The third kappa shape index (κ3) is 5.83. The van der Waals surface area contributed by atoms with Crippen molar-refractivity contribution in [1.29, 1.82) is 0 Å². The lowest BCUT2D eigenvalue weighted by atomic mass is 9.91. The molecule has 6 aromatic carbocycles. The Balaban J connectivity index is 1.38. The highest BCUT2D eigenvalue weighted by Gasteiger charge is 2.36. The molecule has 0 unspecified atom stereocenters. The first-order valence-corrected chi connectivity index (χ1v) is 14.6. The Morgan fingerprint density at radius 2 is 0.795 bits per heavy atom. The minimum absolute atomic E-state index is 0.279. The van der Waals surface area contributed by atoms with Crippen LogP contribution in [0.5, 0.6) is 0 Å². The highest BCUT2D eigenvalue weighted by molar-refractivity contribution is 6.02. The van der Waals surface area contributed by atoms with Crippen LogP contribution >= 0.6 is 0 Å². The molecule has 0 saturated carbocycles. The first kappa shape index (κ1) is 28.5. The summed E-state index contributed by atoms with van der Waals surface area (Å²) in [5, 5.41) is 10.3. The van der Waals surface area contributed by atoms with Gasteiger partial charge in [-0.05, 0) is 34.0 Å². The summed E-state index contributed by atoms with van der Waals surface area (Å²) in [6.45, 7) is 0. The van der Waals surface area contributed by atoms with E-state index in [0.717, 1.165) is 44.0 Å². The molecular weight excluding hydrogens is 544 g/mol. The molecule has 0 fully saturated rings. The Morgan fingerprint density at radius 1 is 0.455 bits per heavy atom. The van der Waals surface area contributed by atoms with Crippen LogP contribution in [0.2, 0.25) is 0 Å². The molecule has 2 atom stereocenters. The maximum absolute atomic E-state index is 14.0. The number of hydrogen-bond acceptors (Lipinski definition) is 2. The lowest BCUT2D eigenvalue weighted by Gasteiger charge is -2.40. The minimum atomic E-state index is -0.517. The Hall–Kier alpha value is -5.62. The number of nitrogens with one attached hydrogen (secondary N) is 2. The van der Waals surface area contributed by atoms with Gasteiger partial charge in [-0.15, -0.1) is 0 Å². The average molecular weight is 579 g/mol. The topological polar surface area (TPSA) is 64.7 Å². The molecule has 4 amide bonds. The smallest absolute Gasteiger partial charge is 0.318 e. The molecule has 0 aromatic heterocycles. The van der Waals surface area contributed by atoms with Crippen molar-refractivity contribution >= 4 is 45.0 Å². The minimum Gasteiger partial charge on any atom is -0.318 e. The van der Waals surface area contributed by atoms with Gasteiger partial charge in [0.15, 0.2) is 0 Å². The number of benzene rings is 6. The zero-order valence-corrected chi connectivity index (χ0v) is 24.7. The predicted molar refractivity (Wildman–Crippen MR) is 180 cm³/mol. The van der Waals surface area contributed by atoms with Crippen LogP contribution in [-0.4, -0.2) is 36.0 Å². The largest absolute Gasteiger partial charge is 0.322 e. The average Bonchev–Trinajstić information content (AvgIpc) is 3.07. The maximum atomic E-state index is 14.0. The zero-order valence-electron chi connectivity index (χ0n) is 24.7. The molecule has 0 radical (unpaired) electrons. The molecule has 0 heterocycles. The lowest BCUT2D eigenvalue weighted by Crippen LogP contribution is -2.45. The molecule has 0 aliphatic heterocycles. The van der Waals surface area contributed by atoms with Gasteiger partial charge in [0.2, 0.25) is 0 Å². The summed E-state index contributed by atoms with van der Waals surface area (Å²) >= 11 is 0. The van der Waals surface area contributed by atoms with Gasteiger partial charge in [-0.3, -0.25) is 0 Å². The predicted octanol–water partition coefficient (Wildman–Crippen LogP) is 9.10. The van der Waals surface area contributed by atoms with E-state index < -0.39 is 12.1 Å². The molecule has 0 saturated heterocycles. The fourth-order valence-corrected chi connectivity index (χ4v) is 5.86. The molecule has 44 heavy (non-hydrogen) atoms. The monoisotopic (exact) mass is 578 g/mol. The summed E-state index contributed by atoms with van der Waals surface area (Å²) < 4.78 is 0. The maximum Gasteiger partial charge on any atom is 0.322 e.